The van der Waals surface area contributed by atoms with Crippen LogP contribution in [0.3, 0.4) is 0 Å². The van der Waals surface area contributed by atoms with Crippen molar-refractivity contribution in [3.8, 4) is 0 Å². The fourth-order valence-corrected chi connectivity index (χ4v) is 2.80. The summed E-state index contributed by atoms with van der Waals surface area (Å²) < 4.78 is 1.17. The van der Waals surface area contributed by atoms with Crippen LogP contribution in [0, 0.1) is 10.5 Å². The number of carbonyl (C=O) groups excluding carboxylic acids is 1. The first-order valence-electron chi connectivity index (χ1n) is 6.96. The second-order valence-electron chi connectivity index (χ2n) is 4.86. The van der Waals surface area contributed by atoms with Crippen LogP contribution in [0.15, 0.2) is 48.5 Å². The predicted octanol–water partition coefficient (Wildman–Crippen LogP) is 4.06. The van der Waals surface area contributed by atoms with E-state index in [-0.39, 0.29) is 5.91 Å². The smallest absolute Gasteiger partial charge is 0.243 e. The van der Waals surface area contributed by atoms with E-state index in [9.17, 15) is 4.79 Å². The largest absolute Gasteiger partial charge is 0.362 e. The molecule has 1 N–H and O–H groups in total. The zero-order chi connectivity index (χ0) is 15.2. The molecular weight excluding hydrogens is 375 g/mol. The summed E-state index contributed by atoms with van der Waals surface area (Å²) in [6.07, 6.45) is 0. The third kappa shape index (κ3) is 4.46. The molecule has 0 heterocycles. The minimum absolute atomic E-state index is 0.00464. The van der Waals surface area contributed by atoms with Crippen molar-refractivity contribution in [2.24, 2.45) is 0 Å². The fourth-order valence-electron chi connectivity index (χ4n) is 2.15. The number of amides is 1. The Balaban J connectivity index is 2.03. The minimum Gasteiger partial charge on any atom is -0.362 e. The number of hydrogen-bond acceptors (Lipinski definition) is 2. The molecule has 0 spiro atoms. The topological polar surface area (TPSA) is 32.3 Å². The monoisotopic (exact) mass is 394 g/mol. The zero-order valence-corrected chi connectivity index (χ0v) is 14.4. The maximum atomic E-state index is 12.2. The second kappa shape index (κ2) is 7.45. The zero-order valence-electron chi connectivity index (χ0n) is 12.3. The molecule has 2 rings (SSSR count). The highest BCUT2D eigenvalue weighted by molar-refractivity contribution is 14.1. The highest BCUT2D eigenvalue weighted by atomic mass is 127. The van der Waals surface area contributed by atoms with Crippen LogP contribution in [0.25, 0.3) is 0 Å². The van der Waals surface area contributed by atoms with E-state index in [1.54, 1.807) is 0 Å². The molecule has 0 radical (unpaired) electrons. The molecular formula is C17H19IN2O. The molecule has 4 heteroatoms. The van der Waals surface area contributed by atoms with Crippen LogP contribution in [-0.2, 0) is 4.79 Å². The molecule has 21 heavy (non-hydrogen) atoms. The van der Waals surface area contributed by atoms with Gasteiger partial charge in [-0.15, -0.1) is 0 Å². The number of benzene rings is 2. The Bertz CT molecular complexity index is 613. The number of hydrogen-bond donors (Lipinski definition) is 1. The van der Waals surface area contributed by atoms with E-state index in [0.29, 0.717) is 6.54 Å². The van der Waals surface area contributed by atoms with Gasteiger partial charge in [-0.05, 0) is 72.3 Å². The van der Waals surface area contributed by atoms with E-state index in [2.05, 4.69) is 45.8 Å². The summed E-state index contributed by atoms with van der Waals surface area (Å²) in [4.78, 5) is 14.3. The quantitative estimate of drug-likeness (QED) is 0.776. The standard InChI is InChI=1S/C17H19IN2O/c1-3-20(15-7-5-4-6-8-15)12-17(21)19-16-10-9-14(18)11-13(16)2/h4-11H,3,12H2,1-2H3,(H,19,21). The van der Waals surface area contributed by atoms with Gasteiger partial charge >= 0.3 is 0 Å². The van der Waals surface area contributed by atoms with Crippen molar-refractivity contribution < 1.29 is 4.79 Å². The van der Waals surface area contributed by atoms with Gasteiger partial charge in [-0.3, -0.25) is 4.79 Å². The molecule has 0 fully saturated rings. The van der Waals surface area contributed by atoms with Crippen molar-refractivity contribution >= 4 is 39.9 Å². The van der Waals surface area contributed by atoms with Gasteiger partial charge in [0.1, 0.15) is 0 Å². The number of halogens is 1. The lowest BCUT2D eigenvalue weighted by Gasteiger charge is -2.22. The Morgan fingerprint density at radius 1 is 1.19 bits per heavy atom. The van der Waals surface area contributed by atoms with Gasteiger partial charge in [0, 0.05) is 21.5 Å². The lowest BCUT2D eigenvalue weighted by atomic mass is 10.2. The Kier molecular flexibility index (Phi) is 5.61. The number of para-hydroxylation sites is 1. The number of nitrogens with one attached hydrogen (secondary N) is 1. The molecule has 2 aromatic rings. The Hall–Kier alpha value is -1.56. The van der Waals surface area contributed by atoms with Crippen LogP contribution in [0.5, 0.6) is 0 Å². The number of aryl methyl sites for hydroxylation is 1. The molecule has 0 aliphatic rings. The summed E-state index contributed by atoms with van der Waals surface area (Å²) >= 11 is 2.27. The molecule has 3 nitrogen and oxygen atoms in total. The molecule has 0 aromatic heterocycles. The SMILES string of the molecule is CCN(CC(=O)Nc1ccc(I)cc1C)c1ccccc1. The molecule has 1 amide bonds. The number of likely N-dealkylation sites (N-methyl/N-ethyl adjacent to an activating group) is 1. The lowest BCUT2D eigenvalue weighted by Crippen LogP contribution is -2.33. The van der Waals surface area contributed by atoms with Gasteiger partial charge in [-0.1, -0.05) is 18.2 Å². The van der Waals surface area contributed by atoms with E-state index in [4.69, 9.17) is 0 Å². The molecule has 0 atom stereocenters. The van der Waals surface area contributed by atoms with Gasteiger partial charge < -0.3 is 10.2 Å². The van der Waals surface area contributed by atoms with Gasteiger partial charge in [-0.2, -0.15) is 0 Å². The average Bonchev–Trinajstić information content (AvgIpc) is 2.48. The van der Waals surface area contributed by atoms with Crippen molar-refractivity contribution in [1.82, 2.24) is 0 Å². The first-order valence-corrected chi connectivity index (χ1v) is 8.04. The highest BCUT2D eigenvalue weighted by Gasteiger charge is 2.11. The summed E-state index contributed by atoms with van der Waals surface area (Å²) in [6.45, 7) is 5.21. The predicted molar refractivity (Wildman–Crippen MR) is 96.9 cm³/mol. The molecule has 0 bridgehead atoms. The summed E-state index contributed by atoms with van der Waals surface area (Å²) in [7, 11) is 0. The Morgan fingerprint density at radius 2 is 1.90 bits per heavy atom. The minimum atomic E-state index is 0.00464. The van der Waals surface area contributed by atoms with Crippen LogP contribution >= 0.6 is 22.6 Å². The molecule has 0 aliphatic heterocycles. The van der Waals surface area contributed by atoms with Crippen LogP contribution < -0.4 is 10.2 Å². The van der Waals surface area contributed by atoms with E-state index >= 15 is 0 Å². The van der Waals surface area contributed by atoms with Crippen molar-refractivity contribution in [2.45, 2.75) is 13.8 Å². The maximum absolute atomic E-state index is 12.2. The van der Waals surface area contributed by atoms with Gasteiger partial charge in [0.2, 0.25) is 5.91 Å². The van der Waals surface area contributed by atoms with Crippen molar-refractivity contribution in [3.05, 3.63) is 57.7 Å². The van der Waals surface area contributed by atoms with Crippen molar-refractivity contribution in [1.29, 1.82) is 0 Å². The Morgan fingerprint density at radius 3 is 2.52 bits per heavy atom. The van der Waals surface area contributed by atoms with Gasteiger partial charge in [0.25, 0.3) is 0 Å². The third-order valence-electron chi connectivity index (χ3n) is 3.30. The number of anilines is 2. The summed E-state index contributed by atoms with van der Waals surface area (Å²) in [5.74, 6) is 0.00464. The second-order valence-corrected chi connectivity index (χ2v) is 6.10. The van der Waals surface area contributed by atoms with Crippen LogP contribution in [0.1, 0.15) is 12.5 Å². The van der Waals surface area contributed by atoms with Crippen LogP contribution in [-0.4, -0.2) is 19.0 Å². The normalized spacial score (nSPS) is 10.2. The fraction of sp³-hybridized carbons (Fsp3) is 0.235. The van der Waals surface area contributed by atoms with E-state index in [0.717, 1.165) is 23.5 Å². The maximum Gasteiger partial charge on any atom is 0.243 e. The first-order chi connectivity index (χ1) is 10.1. The average molecular weight is 394 g/mol. The number of nitrogens with zero attached hydrogens (tertiary/aromatic N) is 1. The van der Waals surface area contributed by atoms with Crippen molar-refractivity contribution in [2.75, 3.05) is 23.3 Å². The van der Waals surface area contributed by atoms with Crippen LogP contribution in [0.4, 0.5) is 11.4 Å². The molecule has 0 saturated carbocycles. The lowest BCUT2D eigenvalue weighted by molar-refractivity contribution is -0.115. The van der Waals surface area contributed by atoms with Gasteiger partial charge in [0.15, 0.2) is 0 Å². The molecule has 0 saturated heterocycles. The van der Waals surface area contributed by atoms with Gasteiger partial charge in [-0.25, -0.2) is 0 Å². The highest BCUT2D eigenvalue weighted by Crippen LogP contribution is 2.18. The third-order valence-corrected chi connectivity index (χ3v) is 3.97. The number of rotatable bonds is 5. The molecule has 2 aromatic carbocycles. The van der Waals surface area contributed by atoms with E-state index in [1.165, 1.54) is 3.57 Å². The van der Waals surface area contributed by atoms with Crippen molar-refractivity contribution in [3.63, 3.8) is 0 Å². The molecule has 110 valence electrons. The summed E-state index contributed by atoms with van der Waals surface area (Å²) in [6, 6.07) is 16.0. The molecule has 0 unspecified atom stereocenters. The van der Waals surface area contributed by atoms with E-state index < -0.39 is 0 Å². The Labute approximate surface area is 139 Å². The van der Waals surface area contributed by atoms with Gasteiger partial charge in [0.05, 0.1) is 6.54 Å². The summed E-state index contributed by atoms with van der Waals surface area (Å²) in [5, 5.41) is 2.99. The summed E-state index contributed by atoms with van der Waals surface area (Å²) in [5.41, 5.74) is 3.03. The number of carbonyl (C=O) groups is 1. The first kappa shape index (κ1) is 15.8. The van der Waals surface area contributed by atoms with Crippen LogP contribution in [0.2, 0.25) is 0 Å². The molecule has 0 aliphatic carbocycles. The van der Waals surface area contributed by atoms with E-state index in [1.807, 2.05) is 49.4 Å².